The number of amides is 2. The minimum atomic E-state index is -0.309. The molecule has 2 amide bonds. The summed E-state index contributed by atoms with van der Waals surface area (Å²) < 4.78 is 10.4. The smallest absolute Gasteiger partial charge is 0.323 e. The van der Waals surface area contributed by atoms with E-state index in [1.807, 2.05) is 44.2 Å². The van der Waals surface area contributed by atoms with Crippen LogP contribution in [-0.2, 0) is 9.53 Å². The molecular weight excluding hydrogens is 392 g/mol. The molecule has 31 heavy (non-hydrogen) atoms. The first-order chi connectivity index (χ1) is 15.0. The summed E-state index contributed by atoms with van der Waals surface area (Å²) in [5, 5.41) is 5.72. The highest BCUT2D eigenvalue weighted by Crippen LogP contribution is 2.37. The summed E-state index contributed by atoms with van der Waals surface area (Å²) in [6.45, 7) is 4.26. The van der Waals surface area contributed by atoms with Gasteiger partial charge in [-0.05, 0) is 86.8 Å². The van der Waals surface area contributed by atoms with Crippen molar-refractivity contribution in [2.75, 3.05) is 24.4 Å². The third-order valence-electron chi connectivity index (χ3n) is 5.85. The molecule has 0 aliphatic heterocycles. The Morgan fingerprint density at radius 1 is 1.00 bits per heavy atom. The van der Waals surface area contributed by atoms with Gasteiger partial charge in [-0.2, -0.15) is 0 Å². The van der Waals surface area contributed by atoms with Crippen LogP contribution in [0, 0.1) is 12.8 Å². The average molecular weight is 425 g/mol. The molecule has 0 aromatic heterocycles. The molecule has 0 bridgehead atoms. The average Bonchev–Trinajstić information content (AvgIpc) is 2.75. The molecule has 0 radical (unpaired) electrons. The Bertz CT molecular complexity index is 887. The molecule has 0 heterocycles. The molecule has 166 valence electrons. The summed E-state index contributed by atoms with van der Waals surface area (Å²) in [7, 11) is 1.58. The first-order valence-corrected chi connectivity index (χ1v) is 11.0. The van der Waals surface area contributed by atoms with E-state index >= 15 is 0 Å². The Morgan fingerprint density at radius 3 is 2.35 bits per heavy atom. The van der Waals surface area contributed by atoms with Crippen molar-refractivity contribution >= 4 is 23.4 Å². The van der Waals surface area contributed by atoms with E-state index in [0.29, 0.717) is 36.3 Å². The van der Waals surface area contributed by atoms with Crippen LogP contribution in [0.2, 0.25) is 0 Å². The molecule has 0 spiro atoms. The van der Waals surface area contributed by atoms with Crippen LogP contribution >= 0.6 is 0 Å². The van der Waals surface area contributed by atoms with Crippen molar-refractivity contribution in [1.82, 2.24) is 0 Å². The first kappa shape index (κ1) is 22.7. The van der Waals surface area contributed by atoms with E-state index in [9.17, 15) is 9.59 Å². The highest BCUT2D eigenvalue weighted by atomic mass is 16.5. The molecule has 2 aromatic rings. The molecular formula is C25H32N2O4. The fourth-order valence-electron chi connectivity index (χ4n) is 4.20. The van der Waals surface area contributed by atoms with Crippen LogP contribution in [0.25, 0.3) is 0 Å². The van der Waals surface area contributed by atoms with E-state index in [-0.39, 0.29) is 12.0 Å². The molecule has 2 N–H and O–H groups in total. The van der Waals surface area contributed by atoms with Gasteiger partial charge in [0, 0.05) is 12.1 Å². The van der Waals surface area contributed by atoms with E-state index in [1.54, 1.807) is 7.11 Å². The Balaban J connectivity index is 1.51. The number of hydrogen-bond acceptors (Lipinski definition) is 4. The summed E-state index contributed by atoms with van der Waals surface area (Å²) in [6.07, 6.45) is 4.77. The molecule has 1 fully saturated rings. The number of urea groups is 1. The predicted molar refractivity (Wildman–Crippen MR) is 123 cm³/mol. The monoisotopic (exact) mass is 424 g/mol. The number of nitrogens with one attached hydrogen (secondary N) is 2. The van der Waals surface area contributed by atoms with Gasteiger partial charge in [0.1, 0.15) is 5.75 Å². The number of ether oxygens (including phenoxy) is 2. The van der Waals surface area contributed by atoms with Gasteiger partial charge in [0.15, 0.2) is 0 Å². The maximum absolute atomic E-state index is 12.4. The summed E-state index contributed by atoms with van der Waals surface area (Å²) in [5.74, 6) is 1.47. The van der Waals surface area contributed by atoms with E-state index in [1.165, 1.54) is 5.56 Å². The summed E-state index contributed by atoms with van der Waals surface area (Å²) >= 11 is 0. The van der Waals surface area contributed by atoms with Crippen LogP contribution in [0.5, 0.6) is 5.75 Å². The maximum Gasteiger partial charge on any atom is 0.323 e. The number of hydrogen-bond donors (Lipinski definition) is 2. The molecule has 1 saturated carbocycles. The largest absolute Gasteiger partial charge is 0.495 e. The first-order valence-electron chi connectivity index (χ1n) is 11.0. The zero-order valence-electron chi connectivity index (χ0n) is 18.6. The van der Waals surface area contributed by atoms with Crippen molar-refractivity contribution in [3.05, 3.63) is 53.6 Å². The summed E-state index contributed by atoms with van der Waals surface area (Å²) in [4.78, 5) is 24.1. The minimum Gasteiger partial charge on any atom is -0.495 e. The van der Waals surface area contributed by atoms with Gasteiger partial charge in [-0.25, -0.2) is 4.79 Å². The van der Waals surface area contributed by atoms with Gasteiger partial charge in [0.05, 0.1) is 19.4 Å². The van der Waals surface area contributed by atoms with Crippen molar-refractivity contribution in [3.8, 4) is 5.75 Å². The van der Waals surface area contributed by atoms with Crippen molar-refractivity contribution in [2.24, 2.45) is 5.92 Å². The molecule has 1 aliphatic rings. The van der Waals surface area contributed by atoms with Gasteiger partial charge >= 0.3 is 12.0 Å². The third-order valence-corrected chi connectivity index (χ3v) is 5.85. The number of rotatable bonds is 7. The zero-order chi connectivity index (χ0) is 22.2. The molecule has 2 aromatic carbocycles. The van der Waals surface area contributed by atoms with Crippen LogP contribution in [0.4, 0.5) is 16.2 Å². The molecule has 6 nitrogen and oxygen atoms in total. The van der Waals surface area contributed by atoms with E-state index < -0.39 is 0 Å². The zero-order valence-corrected chi connectivity index (χ0v) is 18.6. The quantitative estimate of drug-likeness (QED) is 0.545. The van der Waals surface area contributed by atoms with Crippen LogP contribution < -0.4 is 15.4 Å². The summed E-state index contributed by atoms with van der Waals surface area (Å²) in [5.41, 5.74) is 3.69. The van der Waals surface area contributed by atoms with Gasteiger partial charge < -0.3 is 20.1 Å². The van der Waals surface area contributed by atoms with Gasteiger partial charge in [0.2, 0.25) is 0 Å². The summed E-state index contributed by atoms with van der Waals surface area (Å²) in [6, 6.07) is 13.4. The highest BCUT2D eigenvalue weighted by molar-refractivity contribution is 6.00. The molecule has 3 rings (SSSR count). The lowest BCUT2D eigenvalue weighted by Gasteiger charge is -2.28. The maximum atomic E-state index is 12.4. The second-order valence-corrected chi connectivity index (χ2v) is 8.13. The van der Waals surface area contributed by atoms with Crippen LogP contribution in [-0.4, -0.2) is 25.7 Å². The number of esters is 1. The van der Waals surface area contributed by atoms with Gasteiger partial charge in [-0.1, -0.05) is 18.2 Å². The molecule has 1 aliphatic carbocycles. The molecule has 0 unspecified atom stereocenters. The number of methoxy groups -OCH3 is 1. The number of anilines is 2. The molecule has 6 heteroatoms. The Hall–Kier alpha value is -3.02. The Kier molecular flexibility index (Phi) is 7.93. The van der Waals surface area contributed by atoms with Gasteiger partial charge in [0.25, 0.3) is 0 Å². The van der Waals surface area contributed by atoms with E-state index in [2.05, 4.69) is 22.8 Å². The van der Waals surface area contributed by atoms with Crippen LogP contribution in [0.3, 0.4) is 0 Å². The fourth-order valence-corrected chi connectivity index (χ4v) is 4.20. The second-order valence-electron chi connectivity index (χ2n) is 8.13. The Labute approximate surface area is 184 Å². The van der Waals surface area contributed by atoms with Gasteiger partial charge in [-0.3, -0.25) is 4.79 Å². The lowest BCUT2D eigenvalue weighted by molar-refractivity contribution is -0.144. The molecule has 0 saturated heterocycles. The standard InChI is InChI=1S/C25H32N2O4/c1-4-31-24(28)16-18-6-8-19(9-7-18)20-10-12-21(13-11-20)26-25(29)27-22-15-17(2)5-14-23(22)30-3/h5,10-15,18-19H,4,6-9,16H2,1-3H3,(H2,26,27,29)/t18-,19-. The van der Waals surface area contributed by atoms with Gasteiger partial charge in [-0.15, -0.1) is 0 Å². The van der Waals surface area contributed by atoms with Crippen LogP contribution in [0.15, 0.2) is 42.5 Å². The highest BCUT2D eigenvalue weighted by Gasteiger charge is 2.24. The lowest BCUT2D eigenvalue weighted by Crippen LogP contribution is -2.20. The van der Waals surface area contributed by atoms with Crippen molar-refractivity contribution in [2.45, 2.75) is 51.9 Å². The second kappa shape index (κ2) is 10.8. The SMILES string of the molecule is CCOC(=O)C[C@H]1CC[C@H](c2ccc(NC(=O)Nc3cc(C)ccc3OC)cc2)CC1. The number of aryl methyl sites for hydroxylation is 1. The lowest BCUT2D eigenvalue weighted by atomic mass is 9.77. The van der Waals surface area contributed by atoms with E-state index in [0.717, 1.165) is 36.9 Å². The third kappa shape index (κ3) is 6.48. The number of carbonyl (C=O) groups is 2. The molecule has 0 atom stereocenters. The predicted octanol–water partition coefficient (Wildman–Crippen LogP) is 5.87. The normalized spacial score (nSPS) is 18.2. The minimum absolute atomic E-state index is 0.0806. The Morgan fingerprint density at radius 2 is 1.71 bits per heavy atom. The van der Waals surface area contributed by atoms with Crippen molar-refractivity contribution in [1.29, 1.82) is 0 Å². The number of benzene rings is 2. The van der Waals surface area contributed by atoms with Crippen LogP contribution in [0.1, 0.15) is 56.1 Å². The topological polar surface area (TPSA) is 76.7 Å². The number of carbonyl (C=O) groups excluding carboxylic acids is 2. The van der Waals surface area contributed by atoms with E-state index in [4.69, 9.17) is 9.47 Å². The van der Waals surface area contributed by atoms with Crippen molar-refractivity contribution < 1.29 is 19.1 Å². The fraction of sp³-hybridized carbons (Fsp3) is 0.440. The van der Waals surface area contributed by atoms with Crippen molar-refractivity contribution in [3.63, 3.8) is 0 Å².